The van der Waals surface area contributed by atoms with Crippen molar-refractivity contribution in [2.75, 3.05) is 6.61 Å². The molecule has 1 aromatic rings. The summed E-state index contributed by atoms with van der Waals surface area (Å²) in [7, 11) is 0. The van der Waals surface area contributed by atoms with Gasteiger partial charge in [-0.25, -0.2) is 0 Å². The summed E-state index contributed by atoms with van der Waals surface area (Å²) in [6.07, 6.45) is 1.15. The molecule has 0 amide bonds. The van der Waals surface area contributed by atoms with Crippen LogP contribution in [-0.4, -0.2) is 22.5 Å². The lowest BCUT2D eigenvalue weighted by atomic mass is 10.1. The van der Waals surface area contributed by atoms with Gasteiger partial charge in [0, 0.05) is 11.9 Å². The Kier molecular flexibility index (Phi) is 5.85. The van der Waals surface area contributed by atoms with Crippen molar-refractivity contribution in [3.63, 3.8) is 0 Å². The van der Waals surface area contributed by atoms with E-state index in [1.165, 1.54) is 0 Å². The molecule has 0 bridgehead atoms. The van der Waals surface area contributed by atoms with Gasteiger partial charge in [-0.2, -0.15) is 13.2 Å². The number of hydrogen-bond acceptors (Lipinski definition) is 2. The Balaban J connectivity index is 2.57. The quantitative estimate of drug-likeness (QED) is 0.846. The van der Waals surface area contributed by atoms with Crippen LogP contribution in [-0.2, 0) is 6.42 Å². The third-order valence-electron chi connectivity index (χ3n) is 2.29. The number of hydrogen-bond donors (Lipinski definition) is 1. The highest BCUT2D eigenvalue weighted by Crippen LogP contribution is 2.37. The largest absolute Gasteiger partial charge is 0.442 e. The molecule has 0 aromatic heterocycles. The van der Waals surface area contributed by atoms with E-state index < -0.39 is 10.8 Å². The van der Waals surface area contributed by atoms with Crippen LogP contribution in [0.3, 0.4) is 0 Å². The van der Waals surface area contributed by atoms with Gasteiger partial charge in [-0.1, -0.05) is 30.3 Å². The standard InChI is InChI=1S/C12H15F3OS/c13-12(14,15)17-11(7-4-8-16)9-10-5-2-1-3-6-10/h1-3,5-6,11,16H,4,7-9H2. The Morgan fingerprint density at radius 3 is 2.35 bits per heavy atom. The normalized spacial score (nSPS) is 13.6. The minimum atomic E-state index is -4.21. The first-order valence-corrected chi connectivity index (χ1v) is 6.28. The smallest absolute Gasteiger partial charge is 0.396 e. The summed E-state index contributed by atoms with van der Waals surface area (Å²) in [6.45, 7) is -0.0658. The second kappa shape index (κ2) is 6.91. The van der Waals surface area contributed by atoms with Crippen LogP contribution < -0.4 is 0 Å². The van der Waals surface area contributed by atoms with Crippen LogP contribution in [0.5, 0.6) is 0 Å². The second-order valence-electron chi connectivity index (χ2n) is 3.74. The van der Waals surface area contributed by atoms with E-state index in [2.05, 4.69) is 0 Å². The fourth-order valence-electron chi connectivity index (χ4n) is 1.59. The minimum absolute atomic E-state index is 0.0255. The molecule has 0 aliphatic rings. The van der Waals surface area contributed by atoms with Gasteiger partial charge < -0.3 is 5.11 Å². The molecule has 0 saturated heterocycles. The number of aliphatic hydroxyl groups excluding tert-OH is 1. The van der Waals surface area contributed by atoms with E-state index in [9.17, 15) is 13.2 Å². The average molecular weight is 264 g/mol. The van der Waals surface area contributed by atoms with E-state index in [4.69, 9.17) is 5.11 Å². The Morgan fingerprint density at radius 1 is 1.18 bits per heavy atom. The summed E-state index contributed by atoms with van der Waals surface area (Å²) < 4.78 is 37.0. The van der Waals surface area contributed by atoms with Crippen molar-refractivity contribution in [1.82, 2.24) is 0 Å². The van der Waals surface area contributed by atoms with Crippen LogP contribution in [0.15, 0.2) is 30.3 Å². The summed E-state index contributed by atoms with van der Waals surface area (Å²) in [5.41, 5.74) is -3.32. The van der Waals surface area contributed by atoms with E-state index in [0.717, 1.165) is 5.56 Å². The van der Waals surface area contributed by atoms with Crippen LogP contribution in [0.1, 0.15) is 18.4 Å². The van der Waals surface area contributed by atoms with Gasteiger partial charge in [-0.05, 0) is 36.6 Å². The highest BCUT2D eigenvalue weighted by molar-refractivity contribution is 8.00. The van der Waals surface area contributed by atoms with E-state index in [1.54, 1.807) is 0 Å². The van der Waals surface area contributed by atoms with Crippen molar-refractivity contribution < 1.29 is 18.3 Å². The predicted molar refractivity (Wildman–Crippen MR) is 63.9 cm³/mol. The zero-order chi connectivity index (χ0) is 12.7. The van der Waals surface area contributed by atoms with Crippen molar-refractivity contribution in [2.24, 2.45) is 0 Å². The fraction of sp³-hybridized carbons (Fsp3) is 0.500. The molecule has 5 heteroatoms. The molecule has 1 rings (SSSR count). The second-order valence-corrected chi connectivity index (χ2v) is 5.11. The zero-order valence-corrected chi connectivity index (χ0v) is 10.1. The van der Waals surface area contributed by atoms with Gasteiger partial charge in [0.25, 0.3) is 0 Å². The number of alkyl halides is 3. The minimum Gasteiger partial charge on any atom is -0.396 e. The SMILES string of the molecule is OCCCC(Cc1ccccc1)SC(F)(F)F. The topological polar surface area (TPSA) is 20.2 Å². The van der Waals surface area contributed by atoms with E-state index in [0.29, 0.717) is 19.3 Å². The first-order valence-electron chi connectivity index (χ1n) is 5.40. The molecule has 0 heterocycles. The van der Waals surface area contributed by atoms with Crippen LogP contribution in [0, 0.1) is 0 Å². The van der Waals surface area contributed by atoms with Gasteiger partial charge in [0.05, 0.1) is 0 Å². The third-order valence-corrected chi connectivity index (χ3v) is 3.29. The number of benzene rings is 1. The first kappa shape index (κ1) is 14.4. The predicted octanol–water partition coefficient (Wildman–Crippen LogP) is 3.62. The fourth-order valence-corrected chi connectivity index (χ4v) is 2.53. The molecule has 0 saturated carbocycles. The third kappa shape index (κ3) is 6.58. The van der Waals surface area contributed by atoms with Gasteiger partial charge in [-0.15, -0.1) is 0 Å². The molecule has 0 spiro atoms. The van der Waals surface area contributed by atoms with Crippen molar-refractivity contribution in [3.05, 3.63) is 35.9 Å². The summed E-state index contributed by atoms with van der Waals surface area (Å²) in [5.74, 6) is 0. The average Bonchev–Trinajstić information content (AvgIpc) is 2.25. The molecule has 0 aliphatic heterocycles. The van der Waals surface area contributed by atoms with Crippen molar-refractivity contribution in [1.29, 1.82) is 0 Å². The van der Waals surface area contributed by atoms with Gasteiger partial charge in [-0.3, -0.25) is 0 Å². The summed E-state index contributed by atoms with van der Waals surface area (Å²) >= 11 is 0.0255. The van der Waals surface area contributed by atoms with Crippen molar-refractivity contribution >= 4 is 11.8 Å². The molecule has 17 heavy (non-hydrogen) atoms. The molecular formula is C12H15F3OS. The lowest BCUT2D eigenvalue weighted by molar-refractivity contribution is -0.0334. The zero-order valence-electron chi connectivity index (χ0n) is 9.28. The van der Waals surface area contributed by atoms with Crippen LogP contribution in [0.2, 0.25) is 0 Å². The molecule has 1 aromatic carbocycles. The Hall–Kier alpha value is -0.680. The van der Waals surface area contributed by atoms with Gasteiger partial charge in [0.2, 0.25) is 0 Å². The maximum atomic E-state index is 12.3. The van der Waals surface area contributed by atoms with E-state index in [-0.39, 0.29) is 18.4 Å². The van der Waals surface area contributed by atoms with Crippen LogP contribution in [0.25, 0.3) is 0 Å². The number of halogens is 3. The number of aliphatic hydroxyl groups is 1. The summed E-state index contributed by atoms with van der Waals surface area (Å²) in [5, 5.41) is 8.17. The van der Waals surface area contributed by atoms with Crippen LogP contribution >= 0.6 is 11.8 Å². The number of thioether (sulfide) groups is 1. The molecule has 96 valence electrons. The lowest BCUT2D eigenvalue weighted by Gasteiger charge is -2.17. The maximum absolute atomic E-state index is 12.3. The molecule has 0 aliphatic carbocycles. The summed E-state index contributed by atoms with van der Waals surface area (Å²) in [6, 6.07) is 9.11. The Bertz CT molecular complexity index is 313. The van der Waals surface area contributed by atoms with Gasteiger partial charge in [0.1, 0.15) is 0 Å². The van der Waals surface area contributed by atoms with Crippen LogP contribution in [0.4, 0.5) is 13.2 Å². The molecule has 0 radical (unpaired) electrons. The van der Waals surface area contributed by atoms with E-state index in [1.807, 2.05) is 30.3 Å². The molecule has 1 atom stereocenters. The molecule has 0 fully saturated rings. The highest BCUT2D eigenvalue weighted by Gasteiger charge is 2.32. The molecule has 1 N–H and O–H groups in total. The van der Waals surface area contributed by atoms with Crippen molar-refractivity contribution in [2.45, 2.75) is 30.0 Å². The number of rotatable bonds is 6. The van der Waals surface area contributed by atoms with Crippen molar-refractivity contribution in [3.8, 4) is 0 Å². The lowest BCUT2D eigenvalue weighted by Crippen LogP contribution is -2.15. The Morgan fingerprint density at radius 2 is 1.82 bits per heavy atom. The highest BCUT2D eigenvalue weighted by atomic mass is 32.2. The Labute approximate surface area is 103 Å². The monoisotopic (exact) mass is 264 g/mol. The molecule has 1 unspecified atom stereocenters. The molecular weight excluding hydrogens is 249 g/mol. The van der Waals surface area contributed by atoms with E-state index >= 15 is 0 Å². The summed E-state index contributed by atoms with van der Waals surface area (Å²) in [4.78, 5) is 0. The van der Waals surface area contributed by atoms with Gasteiger partial charge in [0.15, 0.2) is 0 Å². The maximum Gasteiger partial charge on any atom is 0.442 e. The first-order chi connectivity index (χ1) is 8.01. The van der Waals surface area contributed by atoms with Gasteiger partial charge >= 0.3 is 5.51 Å². The molecule has 1 nitrogen and oxygen atoms in total.